The Morgan fingerprint density at radius 2 is 2.10 bits per heavy atom. The molecule has 2 unspecified atom stereocenters. The molecule has 0 aromatic carbocycles. The molecule has 0 amide bonds. The van der Waals surface area contributed by atoms with Crippen molar-refractivity contribution in [1.82, 2.24) is 14.7 Å². The number of rotatable bonds is 5. The van der Waals surface area contributed by atoms with E-state index in [4.69, 9.17) is 0 Å². The molecule has 0 radical (unpaired) electrons. The van der Waals surface area contributed by atoms with E-state index >= 15 is 0 Å². The van der Waals surface area contributed by atoms with Crippen molar-refractivity contribution in [3.05, 3.63) is 17.5 Å². The molecule has 0 spiro atoms. The van der Waals surface area contributed by atoms with Crippen LogP contribution in [-0.4, -0.2) is 34.8 Å². The van der Waals surface area contributed by atoms with Gasteiger partial charge in [-0.1, -0.05) is 20.3 Å². The number of likely N-dealkylation sites (N-methyl/N-ethyl adjacent to an activating group) is 1. The Balaban J connectivity index is 2.38. The molecular weight excluding hydrogens is 279 g/mol. The summed E-state index contributed by atoms with van der Waals surface area (Å²) < 4.78 is 40.7. The van der Waals surface area contributed by atoms with Crippen LogP contribution in [0.3, 0.4) is 0 Å². The monoisotopic (exact) mass is 303 g/mol. The first-order valence-electron chi connectivity index (χ1n) is 7.72. The van der Waals surface area contributed by atoms with Crippen LogP contribution in [0.15, 0.2) is 6.07 Å². The van der Waals surface area contributed by atoms with Gasteiger partial charge in [-0.2, -0.15) is 18.3 Å². The highest BCUT2D eigenvalue weighted by Gasteiger charge is 2.37. The molecule has 120 valence electrons. The van der Waals surface area contributed by atoms with Gasteiger partial charge in [0.2, 0.25) is 0 Å². The summed E-state index contributed by atoms with van der Waals surface area (Å²) in [4.78, 5) is 2.14. The third kappa shape index (κ3) is 3.59. The first kappa shape index (κ1) is 16.3. The lowest BCUT2D eigenvalue weighted by Crippen LogP contribution is -2.20. The average molecular weight is 303 g/mol. The van der Waals surface area contributed by atoms with E-state index in [9.17, 15) is 13.2 Å². The van der Waals surface area contributed by atoms with Crippen LogP contribution in [0, 0.1) is 0 Å². The lowest BCUT2D eigenvalue weighted by molar-refractivity contribution is -0.141. The minimum Gasteiger partial charge on any atom is -0.304 e. The number of hydrogen-bond donors (Lipinski definition) is 0. The van der Waals surface area contributed by atoms with Gasteiger partial charge in [0.05, 0.1) is 6.04 Å². The molecule has 2 heterocycles. The third-order valence-electron chi connectivity index (χ3n) is 4.32. The van der Waals surface area contributed by atoms with E-state index in [2.05, 4.69) is 16.9 Å². The SMILES string of the molecule is CCCC(CC)c1cc(C(F)(F)F)nn1C1CCN(C)C1. The van der Waals surface area contributed by atoms with Crippen LogP contribution in [-0.2, 0) is 6.18 Å². The maximum atomic E-state index is 13.0. The Morgan fingerprint density at radius 3 is 2.57 bits per heavy atom. The smallest absolute Gasteiger partial charge is 0.304 e. The lowest BCUT2D eigenvalue weighted by atomic mass is 9.96. The highest BCUT2D eigenvalue weighted by atomic mass is 19.4. The minimum absolute atomic E-state index is 0.0620. The molecule has 1 aliphatic heterocycles. The van der Waals surface area contributed by atoms with Crippen LogP contribution in [0.25, 0.3) is 0 Å². The van der Waals surface area contributed by atoms with Gasteiger partial charge in [-0.05, 0) is 38.9 Å². The van der Waals surface area contributed by atoms with E-state index in [1.54, 1.807) is 4.68 Å². The number of alkyl halides is 3. The molecule has 21 heavy (non-hydrogen) atoms. The molecule has 3 nitrogen and oxygen atoms in total. The molecule has 1 fully saturated rings. The Bertz CT molecular complexity index is 446. The summed E-state index contributed by atoms with van der Waals surface area (Å²) in [5, 5.41) is 3.91. The average Bonchev–Trinajstić information content (AvgIpc) is 3.01. The highest BCUT2D eigenvalue weighted by molar-refractivity contribution is 5.18. The Labute approximate surface area is 124 Å². The van der Waals surface area contributed by atoms with Gasteiger partial charge in [0.1, 0.15) is 0 Å². The predicted octanol–water partition coefficient (Wildman–Crippen LogP) is 4.07. The molecule has 1 saturated heterocycles. The van der Waals surface area contributed by atoms with Crippen molar-refractivity contribution < 1.29 is 13.2 Å². The zero-order chi connectivity index (χ0) is 15.6. The summed E-state index contributed by atoms with van der Waals surface area (Å²) in [6.45, 7) is 5.79. The normalized spacial score (nSPS) is 21.9. The number of hydrogen-bond acceptors (Lipinski definition) is 2. The first-order chi connectivity index (χ1) is 9.86. The minimum atomic E-state index is -4.37. The van der Waals surface area contributed by atoms with Gasteiger partial charge in [0, 0.05) is 18.2 Å². The van der Waals surface area contributed by atoms with Gasteiger partial charge in [-0.25, -0.2) is 0 Å². The largest absolute Gasteiger partial charge is 0.435 e. The van der Waals surface area contributed by atoms with Crippen molar-refractivity contribution in [3.8, 4) is 0 Å². The van der Waals surface area contributed by atoms with E-state index in [1.807, 2.05) is 14.0 Å². The van der Waals surface area contributed by atoms with Crippen molar-refractivity contribution >= 4 is 0 Å². The summed E-state index contributed by atoms with van der Waals surface area (Å²) in [5.74, 6) is 0.157. The molecule has 1 aliphatic rings. The van der Waals surface area contributed by atoms with Crippen molar-refractivity contribution in [2.24, 2.45) is 0 Å². The standard InChI is InChI=1S/C15H24F3N3/c1-4-6-11(5-2)13-9-14(15(16,17)18)19-21(13)12-7-8-20(3)10-12/h9,11-12H,4-8,10H2,1-3H3. The van der Waals surface area contributed by atoms with Crippen molar-refractivity contribution in [1.29, 1.82) is 0 Å². The second-order valence-electron chi connectivity index (χ2n) is 6.00. The molecule has 0 aliphatic carbocycles. The Morgan fingerprint density at radius 1 is 1.38 bits per heavy atom. The first-order valence-corrected chi connectivity index (χ1v) is 7.72. The van der Waals surface area contributed by atoms with Gasteiger partial charge < -0.3 is 4.90 Å². The molecule has 2 atom stereocenters. The van der Waals surface area contributed by atoms with Gasteiger partial charge in [0.25, 0.3) is 0 Å². The summed E-state index contributed by atoms with van der Waals surface area (Å²) in [6, 6.07) is 1.33. The summed E-state index contributed by atoms with van der Waals surface area (Å²) in [6.07, 6.45) is -0.781. The number of aromatic nitrogens is 2. The summed E-state index contributed by atoms with van der Waals surface area (Å²) in [5.41, 5.74) is 0.00795. The second kappa shape index (κ2) is 6.38. The predicted molar refractivity (Wildman–Crippen MR) is 76.3 cm³/mol. The van der Waals surface area contributed by atoms with Crippen LogP contribution in [0.4, 0.5) is 13.2 Å². The second-order valence-corrected chi connectivity index (χ2v) is 6.00. The highest BCUT2D eigenvalue weighted by Crippen LogP contribution is 2.35. The van der Waals surface area contributed by atoms with Gasteiger partial charge in [-0.15, -0.1) is 0 Å². The third-order valence-corrected chi connectivity index (χ3v) is 4.32. The van der Waals surface area contributed by atoms with Crippen LogP contribution in [0.2, 0.25) is 0 Å². The zero-order valence-electron chi connectivity index (χ0n) is 13.0. The van der Waals surface area contributed by atoms with Crippen molar-refractivity contribution in [3.63, 3.8) is 0 Å². The quantitative estimate of drug-likeness (QED) is 0.817. The number of likely N-dealkylation sites (tertiary alicyclic amines) is 1. The fourth-order valence-corrected chi connectivity index (χ4v) is 3.17. The molecule has 0 bridgehead atoms. The van der Waals surface area contributed by atoms with Crippen LogP contribution >= 0.6 is 0 Å². The Hall–Kier alpha value is -1.04. The van der Waals surface area contributed by atoms with E-state index in [-0.39, 0.29) is 12.0 Å². The fraction of sp³-hybridized carbons (Fsp3) is 0.800. The number of halogens is 3. The van der Waals surface area contributed by atoms with E-state index in [1.165, 1.54) is 6.07 Å². The van der Waals surface area contributed by atoms with Gasteiger partial charge in [-0.3, -0.25) is 4.68 Å². The molecule has 6 heteroatoms. The zero-order valence-corrected chi connectivity index (χ0v) is 13.0. The van der Waals surface area contributed by atoms with E-state index < -0.39 is 11.9 Å². The molecule has 1 aromatic heterocycles. The van der Waals surface area contributed by atoms with Crippen molar-refractivity contribution in [2.45, 2.75) is 57.7 Å². The number of nitrogens with zero attached hydrogens (tertiary/aromatic N) is 3. The van der Waals surface area contributed by atoms with Crippen molar-refractivity contribution in [2.75, 3.05) is 20.1 Å². The molecule has 1 aromatic rings. The summed E-state index contributed by atoms with van der Waals surface area (Å²) in [7, 11) is 2.00. The summed E-state index contributed by atoms with van der Waals surface area (Å²) >= 11 is 0. The van der Waals surface area contributed by atoms with Crippen LogP contribution in [0.1, 0.15) is 62.9 Å². The van der Waals surface area contributed by atoms with Crippen LogP contribution < -0.4 is 0 Å². The van der Waals surface area contributed by atoms with Crippen LogP contribution in [0.5, 0.6) is 0 Å². The van der Waals surface area contributed by atoms with Gasteiger partial charge >= 0.3 is 6.18 Å². The van der Waals surface area contributed by atoms with Gasteiger partial charge in [0.15, 0.2) is 5.69 Å². The fourth-order valence-electron chi connectivity index (χ4n) is 3.17. The molecule has 0 N–H and O–H groups in total. The van der Waals surface area contributed by atoms with E-state index in [0.717, 1.165) is 44.5 Å². The maximum absolute atomic E-state index is 13.0. The molecule has 2 rings (SSSR count). The Kier molecular flexibility index (Phi) is 4.96. The molecular formula is C15H24F3N3. The maximum Gasteiger partial charge on any atom is 0.435 e. The topological polar surface area (TPSA) is 21.1 Å². The lowest BCUT2D eigenvalue weighted by Gasteiger charge is -2.20. The van der Waals surface area contributed by atoms with E-state index in [0.29, 0.717) is 0 Å². The molecule has 0 saturated carbocycles.